The van der Waals surface area contributed by atoms with Crippen LogP contribution in [0.2, 0.25) is 0 Å². The van der Waals surface area contributed by atoms with E-state index in [0.717, 1.165) is 40.7 Å². The number of fused-ring (bicyclic) bond motifs is 1. The normalized spacial score (nSPS) is 17.1. The highest BCUT2D eigenvalue weighted by Gasteiger charge is 2.26. The molecule has 2 rings (SSSR count). The van der Waals surface area contributed by atoms with E-state index in [4.69, 9.17) is 0 Å². The van der Waals surface area contributed by atoms with Crippen molar-refractivity contribution < 1.29 is 4.79 Å². The van der Waals surface area contributed by atoms with Crippen molar-refractivity contribution in [3.8, 4) is 0 Å². The van der Waals surface area contributed by atoms with E-state index in [-0.39, 0.29) is 5.78 Å². The molecule has 1 aliphatic rings. The van der Waals surface area contributed by atoms with Crippen molar-refractivity contribution in [3.05, 3.63) is 22.3 Å². The van der Waals surface area contributed by atoms with Crippen LogP contribution in [0.3, 0.4) is 0 Å². The number of carbonyl (C=O) groups excluding carboxylic acids is 1. The van der Waals surface area contributed by atoms with E-state index < -0.39 is 0 Å². The molecule has 0 aromatic carbocycles. The van der Waals surface area contributed by atoms with Crippen LogP contribution < -0.4 is 5.32 Å². The van der Waals surface area contributed by atoms with Gasteiger partial charge < -0.3 is 10.2 Å². The molecule has 0 atom stereocenters. The molecule has 0 saturated heterocycles. The van der Waals surface area contributed by atoms with Crippen LogP contribution in [0.25, 0.3) is 0 Å². The number of nitrogens with one attached hydrogen (secondary N) is 1. The third-order valence-electron chi connectivity index (χ3n) is 2.57. The van der Waals surface area contributed by atoms with Gasteiger partial charge in [-0.15, -0.1) is 0 Å². The summed E-state index contributed by atoms with van der Waals surface area (Å²) in [7, 11) is 3.87. The van der Waals surface area contributed by atoms with Crippen molar-refractivity contribution in [2.45, 2.75) is 19.8 Å². The van der Waals surface area contributed by atoms with Gasteiger partial charge in [0, 0.05) is 32.4 Å². The Morgan fingerprint density at radius 2 is 2.24 bits per heavy atom. The molecular formula is C12H17N3OS. The molecule has 1 aliphatic carbocycles. The number of nitrogens with zero attached hydrogens (tertiary/aromatic N) is 2. The summed E-state index contributed by atoms with van der Waals surface area (Å²) in [5, 5.41) is 4.02. The quantitative estimate of drug-likeness (QED) is 0.836. The first-order valence-corrected chi connectivity index (χ1v) is 6.59. The Balaban J connectivity index is 2.29. The summed E-state index contributed by atoms with van der Waals surface area (Å²) in [6.45, 7) is 2.86. The van der Waals surface area contributed by atoms with Gasteiger partial charge in [0.1, 0.15) is 0 Å². The number of Topliss-reactive ketones (excluding diaryl/α,β-unsaturated/α-hetero) is 1. The van der Waals surface area contributed by atoms with Crippen LogP contribution in [0, 0.1) is 0 Å². The summed E-state index contributed by atoms with van der Waals surface area (Å²) in [6.07, 6.45) is 3.57. The molecule has 0 unspecified atom stereocenters. The van der Waals surface area contributed by atoms with Crippen LogP contribution in [0.5, 0.6) is 0 Å². The van der Waals surface area contributed by atoms with Crippen LogP contribution >= 0.6 is 11.3 Å². The van der Waals surface area contributed by atoms with Crippen LogP contribution in [0.15, 0.2) is 11.8 Å². The minimum absolute atomic E-state index is 0.140. The number of anilines is 1. The first-order valence-electron chi connectivity index (χ1n) is 5.77. The van der Waals surface area contributed by atoms with E-state index >= 15 is 0 Å². The smallest absolute Gasteiger partial charge is 0.202 e. The molecule has 5 heteroatoms. The fourth-order valence-corrected chi connectivity index (χ4v) is 2.93. The number of allylic oxidation sites excluding steroid dienone is 1. The van der Waals surface area contributed by atoms with Gasteiger partial charge in [-0.2, -0.15) is 0 Å². The number of ketones is 1. The Morgan fingerprint density at radius 3 is 2.88 bits per heavy atom. The molecule has 1 N–H and O–H groups in total. The van der Waals surface area contributed by atoms with Gasteiger partial charge in [-0.25, -0.2) is 4.98 Å². The maximum absolute atomic E-state index is 12.2. The molecular weight excluding hydrogens is 234 g/mol. The lowest BCUT2D eigenvalue weighted by Crippen LogP contribution is -2.15. The zero-order valence-corrected chi connectivity index (χ0v) is 11.2. The molecule has 1 aromatic rings. The second-order valence-electron chi connectivity index (χ2n) is 4.27. The Labute approximate surface area is 105 Å². The average Bonchev–Trinajstić information content (AvgIpc) is 2.66. The minimum Gasteiger partial charge on any atom is -0.383 e. The topological polar surface area (TPSA) is 45.2 Å². The largest absolute Gasteiger partial charge is 0.383 e. The first-order chi connectivity index (χ1) is 8.11. The lowest BCUT2D eigenvalue weighted by molar-refractivity contribution is 0.102. The Morgan fingerprint density at radius 1 is 1.47 bits per heavy atom. The molecule has 0 radical (unpaired) electrons. The SMILES string of the molecule is CCNc1nc2c(s1)C(=O)/C(=C/N(C)C)CC2. The van der Waals surface area contributed by atoms with Gasteiger partial charge in [0.2, 0.25) is 5.78 Å². The van der Waals surface area contributed by atoms with Gasteiger partial charge in [-0.1, -0.05) is 11.3 Å². The van der Waals surface area contributed by atoms with Gasteiger partial charge in [-0.3, -0.25) is 4.79 Å². The molecule has 0 fully saturated rings. The molecule has 17 heavy (non-hydrogen) atoms. The van der Waals surface area contributed by atoms with E-state index in [2.05, 4.69) is 10.3 Å². The Kier molecular flexibility index (Phi) is 3.47. The van der Waals surface area contributed by atoms with Crippen LogP contribution in [-0.2, 0) is 6.42 Å². The third kappa shape index (κ3) is 2.49. The highest BCUT2D eigenvalue weighted by Crippen LogP contribution is 2.31. The summed E-state index contributed by atoms with van der Waals surface area (Å²) in [5.41, 5.74) is 1.83. The number of carbonyl (C=O) groups is 1. The van der Waals surface area contributed by atoms with Gasteiger partial charge in [0.25, 0.3) is 0 Å². The maximum Gasteiger partial charge on any atom is 0.202 e. The lowest BCUT2D eigenvalue weighted by Gasteiger charge is -2.14. The highest BCUT2D eigenvalue weighted by atomic mass is 32.1. The van der Waals surface area contributed by atoms with E-state index in [9.17, 15) is 4.79 Å². The molecule has 0 amide bonds. The number of aryl methyl sites for hydroxylation is 1. The predicted octanol–water partition coefficient (Wildman–Crippen LogP) is 2.15. The van der Waals surface area contributed by atoms with Gasteiger partial charge in [0.15, 0.2) is 5.13 Å². The van der Waals surface area contributed by atoms with E-state index in [0.29, 0.717) is 0 Å². The second kappa shape index (κ2) is 4.87. The van der Waals surface area contributed by atoms with Crippen molar-refractivity contribution in [1.29, 1.82) is 0 Å². The van der Waals surface area contributed by atoms with Crippen LogP contribution in [0.4, 0.5) is 5.13 Å². The van der Waals surface area contributed by atoms with Gasteiger partial charge in [-0.05, 0) is 19.8 Å². The van der Waals surface area contributed by atoms with Crippen molar-refractivity contribution in [2.24, 2.45) is 0 Å². The number of hydrogen-bond donors (Lipinski definition) is 1. The van der Waals surface area contributed by atoms with Crippen molar-refractivity contribution in [3.63, 3.8) is 0 Å². The summed E-state index contributed by atoms with van der Waals surface area (Å²) in [4.78, 5) is 19.4. The zero-order valence-electron chi connectivity index (χ0n) is 10.4. The predicted molar refractivity (Wildman–Crippen MR) is 70.7 cm³/mol. The lowest BCUT2D eigenvalue weighted by atomic mass is 9.96. The number of rotatable bonds is 3. The summed E-state index contributed by atoms with van der Waals surface area (Å²) in [6, 6.07) is 0. The van der Waals surface area contributed by atoms with E-state index in [1.165, 1.54) is 11.3 Å². The molecule has 4 nitrogen and oxygen atoms in total. The fourth-order valence-electron chi connectivity index (χ4n) is 1.87. The van der Waals surface area contributed by atoms with E-state index in [1.807, 2.05) is 32.1 Å². The summed E-state index contributed by atoms with van der Waals surface area (Å²) >= 11 is 1.47. The molecule has 0 aliphatic heterocycles. The monoisotopic (exact) mass is 251 g/mol. The van der Waals surface area contributed by atoms with Gasteiger partial charge in [0.05, 0.1) is 10.6 Å². The van der Waals surface area contributed by atoms with Crippen molar-refractivity contribution in [1.82, 2.24) is 9.88 Å². The first kappa shape index (κ1) is 12.1. The molecule has 0 bridgehead atoms. The molecule has 92 valence electrons. The second-order valence-corrected chi connectivity index (χ2v) is 5.27. The van der Waals surface area contributed by atoms with Crippen LogP contribution in [-0.4, -0.2) is 36.3 Å². The molecule has 0 saturated carbocycles. The standard InChI is InChI=1S/C12H17N3OS/c1-4-13-12-14-9-6-5-8(7-15(2)3)10(16)11(9)17-12/h7H,4-6H2,1-3H3,(H,13,14)/b8-7+. The number of hydrogen-bond acceptors (Lipinski definition) is 5. The average molecular weight is 251 g/mol. The van der Waals surface area contributed by atoms with Crippen LogP contribution in [0.1, 0.15) is 28.7 Å². The minimum atomic E-state index is 0.140. The Hall–Kier alpha value is -1.36. The number of thiazole rings is 1. The fraction of sp³-hybridized carbons (Fsp3) is 0.500. The number of aromatic nitrogens is 1. The maximum atomic E-state index is 12.2. The van der Waals surface area contributed by atoms with Crippen molar-refractivity contribution >= 4 is 22.3 Å². The molecule has 0 spiro atoms. The zero-order chi connectivity index (χ0) is 12.4. The van der Waals surface area contributed by atoms with Gasteiger partial charge >= 0.3 is 0 Å². The molecule has 1 heterocycles. The molecule has 1 aromatic heterocycles. The third-order valence-corrected chi connectivity index (χ3v) is 3.62. The highest BCUT2D eigenvalue weighted by molar-refractivity contribution is 7.17. The van der Waals surface area contributed by atoms with E-state index in [1.54, 1.807) is 0 Å². The Bertz CT molecular complexity index is 462. The summed E-state index contributed by atoms with van der Waals surface area (Å²) < 4.78 is 0. The van der Waals surface area contributed by atoms with Crippen molar-refractivity contribution in [2.75, 3.05) is 26.0 Å². The summed E-state index contributed by atoms with van der Waals surface area (Å²) in [5.74, 6) is 0.140.